The molecule has 37 heavy (non-hydrogen) atoms. The van der Waals surface area contributed by atoms with E-state index in [1.54, 1.807) is 6.07 Å². The van der Waals surface area contributed by atoms with E-state index in [-0.39, 0.29) is 17.9 Å². The lowest BCUT2D eigenvalue weighted by Crippen LogP contribution is -2.35. The van der Waals surface area contributed by atoms with Crippen molar-refractivity contribution < 1.29 is 14.7 Å². The van der Waals surface area contributed by atoms with Crippen molar-refractivity contribution in [3.8, 4) is 0 Å². The third-order valence-corrected chi connectivity index (χ3v) is 6.28. The van der Waals surface area contributed by atoms with Crippen LogP contribution < -0.4 is 20.9 Å². The van der Waals surface area contributed by atoms with Crippen LogP contribution in [0.2, 0.25) is 0 Å². The first kappa shape index (κ1) is 24.1. The SMILES string of the molecule is O=C(Nc1ccc(Nc2ccc(NC(=O)c3ccn[nH]3)cc2)cc1)c1ccc(N2CCC(O)CC2)cc1. The Balaban J connectivity index is 1.13. The molecule has 1 aromatic heterocycles. The summed E-state index contributed by atoms with van der Waals surface area (Å²) in [5.41, 5.74) is 5.13. The van der Waals surface area contributed by atoms with Crippen LogP contribution in [0.5, 0.6) is 0 Å². The summed E-state index contributed by atoms with van der Waals surface area (Å²) in [7, 11) is 0. The number of piperidine rings is 1. The molecule has 0 unspecified atom stereocenters. The number of hydrogen-bond donors (Lipinski definition) is 5. The zero-order valence-electron chi connectivity index (χ0n) is 20.1. The van der Waals surface area contributed by atoms with Crippen molar-refractivity contribution in [2.75, 3.05) is 33.9 Å². The van der Waals surface area contributed by atoms with Crippen molar-refractivity contribution in [2.45, 2.75) is 18.9 Å². The zero-order valence-corrected chi connectivity index (χ0v) is 20.1. The normalized spacial score (nSPS) is 13.7. The molecule has 0 saturated carbocycles. The molecule has 188 valence electrons. The van der Waals surface area contributed by atoms with Crippen LogP contribution in [0.25, 0.3) is 0 Å². The van der Waals surface area contributed by atoms with Crippen LogP contribution in [0.1, 0.15) is 33.7 Å². The fourth-order valence-electron chi connectivity index (χ4n) is 4.17. The van der Waals surface area contributed by atoms with Crippen molar-refractivity contribution in [2.24, 2.45) is 0 Å². The standard InChI is InChI=1S/C28H28N6O3/c35-25-14-17-34(18-15-25)24-11-1-19(2-12-24)27(36)31-22-7-3-20(4-8-22)30-21-5-9-23(10-6-21)32-28(37)26-13-16-29-33-26/h1-13,16,25,30,35H,14-15,17-18H2,(H,29,33)(H,31,36)(H,32,37). The Morgan fingerprint density at radius 2 is 1.30 bits per heavy atom. The number of H-pyrrole nitrogens is 1. The second-order valence-electron chi connectivity index (χ2n) is 8.92. The summed E-state index contributed by atoms with van der Waals surface area (Å²) in [6, 6.07) is 24.0. The maximum atomic E-state index is 12.7. The van der Waals surface area contributed by atoms with Crippen LogP contribution in [0.4, 0.5) is 28.4 Å². The number of carbonyl (C=O) groups excluding carboxylic acids is 2. The molecule has 0 spiro atoms. The number of aromatic amines is 1. The number of aliphatic hydroxyl groups is 1. The molecule has 0 aliphatic carbocycles. The number of nitrogens with one attached hydrogen (secondary N) is 4. The molecule has 4 aromatic rings. The fourth-order valence-corrected chi connectivity index (χ4v) is 4.17. The van der Waals surface area contributed by atoms with Gasteiger partial charge in [0.25, 0.3) is 11.8 Å². The van der Waals surface area contributed by atoms with Gasteiger partial charge in [0, 0.05) is 53.3 Å². The molecule has 5 N–H and O–H groups in total. The van der Waals surface area contributed by atoms with Gasteiger partial charge in [-0.15, -0.1) is 0 Å². The molecular formula is C28H28N6O3. The van der Waals surface area contributed by atoms with Gasteiger partial charge in [0.1, 0.15) is 5.69 Å². The number of hydrogen-bond acceptors (Lipinski definition) is 6. The molecule has 1 aliphatic rings. The van der Waals surface area contributed by atoms with Gasteiger partial charge < -0.3 is 26.0 Å². The summed E-state index contributed by atoms with van der Waals surface area (Å²) in [5.74, 6) is -0.427. The molecular weight excluding hydrogens is 468 g/mol. The van der Waals surface area contributed by atoms with Gasteiger partial charge in [0.05, 0.1) is 6.10 Å². The Morgan fingerprint density at radius 1 is 0.757 bits per heavy atom. The topological polar surface area (TPSA) is 122 Å². The Hall–Kier alpha value is -4.63. The Bertz CT molecular complexity index is 1330. The number of benzene rings is 3. The summed E-state index contributed by atoms with van der Waals surface area (Å²) in [6.07, 6.45) is 2.85. The predicted molar refractivity (Wildman–Crippen MR) is 145 cm³/mol. The number of carbonyl (C=O) groups is 2. The van der Waals surface area contributed by atoms with Crippen molar-refractivity contribution in [3.63, 3.8) is 0 Å². The number of aromatic nitrogens is 2. The third kappa shape index (κ3) is 6.14. The Labute approximate surface area is 214 Å². The van der Waals surface area contributed by atoms with Gasteiger partial charge >= 0.3 is 0 Å². The maximum absolute atomic E-state index is 12.7. The van der Waals surface area contributed by atoms with E-state index in [0.29, 0.717) is 22.6 Å². The first-order chi connectivity index (χ1) is 18.0. The average molecular weight is 497 g/mol. The molecule has 2 amide bonds. The second kappa shape index (κ2) is 11.0. The number of aliphatic hydroxyl groups excluding tert-OH is 1. The van der Waals surface area contributed by atoms with Crippen LogP contribution in [-0.2, 0) is 0 Å². The molecule has 0 radical (unpaired) electrons. The molecule has 9 nitrogen and oxygen atoms in total. The van der Waals surface area contributed by atoms with Gasteiger partial charge in [0.15, 0.2) is 0 Å². The Kier molecular flexibility index (Phi) is 7.14. The summed E-state index contributed by atoms with van der Waals surface area (Å²) >= 11 is 0. The molecule has 9 heteroatoms. The molecule has 1 aliphatic heterocycles. The average Bonchev–Trinajstić information content (AvgIpc) is 3.47. The lowest BCUT2D eigenvalue weighted by molar-refractivity contribution is 0.101. The summed E-state index contributed by atoms with van der Waals surface area (Å²) in [6.45, 7) is 1.64. The zero-order chi connectivity index (χ0) is 25.6. The van der Waals surface area contributed by atoms with E-state index in [9.17, 15) is 14.7 Å². The molecule has 1 saturated heterocycles. The van der Waals surface area contributed by atoms with Crippen LogP contribution >= 0.6 is 0 Å². The Morgan fingerprint density at radius 3 is 1.84 bits per heavy atom. The second-order valence-corrected chi connectivity index (χ2v) is 8.92. The largest absolute Gasteiger partial charge is 0.393 e. The van der Waals surface area contributed by atoms with Crippen LogP contribution in [0.3, 0.4) is 0 Å². The van der Waals surface area contributed by atoms with Crippen molar-refractivity contribution in [3.05, 3.63) is 96.3 Å². The number of amides is 2. The summed E-state index contributed by atoms with van der Waals surface area (Å²) < 4.78 is 0. The minimum atomic E-state index is -0.255. The first-order valence-electron chi connectivity index (χ1n) is 12.2. The quantitative estimate of drug-likeness (QED) is 0.255. The van der Waals surface area contributed by atoms with E-state index in [1.807, 2.05) is 72.8 Å². The van der Waals surface area contributed by atoms with Gasteiger partial charge in [-0.25, -0.2) is 0 Å². The number of nitrogens with zero attached hydrogens (tertiary/aromatic N) is 2. The van der Waals surface area contributed by atoms with Crippen LogP contribution in [0.15, 0.2) is 85.1 Å². The number of rotatable bonds is 7. The minimum Gasteiger partial charge on any atom is -0.393 e. The molecule has 2 heterocycles. The molecule has 5 rings (SSSR count). The summed E-state index contributed by atoms with van der Waals surface area (Å²) in [4.78, 5) is 27.0. The van der Waals surface area contributed by atoms with Gasteiger partial charge in [-0.1, -0.05) is 0 Å². The predicted octanol–water partition coefficient (Wildman–Crippen LogP) is 4.62. The highest BCUT2D eigenvalue weighted by atomic mass is 16.3. The van der Waals surface area contributed by atoms with Crippen molar-refractivity contribution in [1.29, 1.82) is 0 Å². The van der Waals surface area contributed by atoms with E-state index in [4.69, 9.17) is 0 Å². The lowest BCUT2D eigenvalue weighted by atomic mass is 10.1. The van der Waals surface area contributed by atoms with Gasteiger partial charge in [0.2, 0.25) is 0 Å². The molecule has 0 bridgehead atoms. The fraction of sp³-hybridized carbons (Fsp3) is 0.179. The lowest BCUT2D eigenvalue weighted by Gasteiger charge is -2.31. The summed E-state index contributed by atoms with van der Waals surface area (Å²) in [5, 5.41) is 25.1. The minimum absolute atomic E-state index is 0.172. The highest BCUT2D eigenvalue weighted by Crippen LogP contribution is 2.23. The first-order valence-corrected chi connectivity index (χ1v) is 12.2. The monoisotopic (exact) mass is 496 g/mol. The van der Waals surface area contributed by atoms with Crippen molar-refractivity contribution in [1.82, 2.24) is 10.2 Å². The van der Waals surface area contributed by atoms with E-state index < -0.39 is 0 Å². The van der Waals surface area contributed by atoms with Crippen LogP contribution in [0, 0.1) is 0 Å². The smallest absolute Gasteiger partial charge is 0.273 e. The van der Waals surface area contributed by atoms with Crippen LogP contribution in [-0.4, -0.2) is 46.3 Å². The van der Waals surface area contributed by atoms with Gasteiger partial charge in [-0.2, -0.15) is 5.10 Å². The maximum Gasteiger partial charge on any atom is 0.273 e. The van der Waals surface area contributed by atoms with Gasteiger partial charge in [-0.05, 0) is 91.7 Å². The van der Waals surface area contributed by atoms with E-state index in [0.717, 1.165) is 43.0 Å². The highest BCUT2D eigenvalue weighted by Gasteiger charge is 2.17. The highest BCUT2D eigenvalue weighted by molar-refractivity contribution is 6.04. The van der Waals surface area contributed by atoms with Crippen molar-refractivity contribution >= 4 is 40.3 Å². The van der Waals surface area contributed by atoms with E-state index >= 15 is 0 Å². The molecule has 3 aromatic carbocycles. The molecule has 0 atom stereocenters. The third-order valence-electron chi connectivity index (χ3n) is 6.28. The van der Waals surface area contributed by atoms with Gasteiger partial charge in [-0.3, -0.25) is 14.7 Å². The molecule has 1 fully saturated rings. The van der Waals surface area contributed by atoms with E-state index in [2.05, 4.69) is 31.0 Å². The van der Waals surface area contributed by atoms with E-state index in [1.165, 1.54) is 6.20 Å². The number of anilines is 5.